The van der Waals surface area contributed by atoms with Gasteiger partial charge in [-0.25, -0.2) is 12.7 Å². The van der Waals surface area contributed by atoms with Gasteiger partial charge in [-0.05, 0) is 49.1 Å². The van der Waals surface area contributed by atoms with Gasteiger partial charge < -0.3 is 5.32 Å². The van der Waals surface area contributed by atoms with Gasteiger partial charge in [-0.2, -0.15) is 0 Å². The molecule has 8 nitrogen and oxygen atoms in total. The standard InChI is InChI=1S/C22H27N5O3S/c1-2-14-31(29,30)26-12-5-6-18(16-26)22(28)23-19-10-8-17(9-11-19)15-21-25-24-20-7-3-4-13-27(20)21/h3-4,7-11,13,18H,2,5-6,12,14-16H2,1H3,(H,23,28). The second kappa shape index (κ2) is 9.15. The summed E-state index contributed by atoms with van der Waals surface area (Å²) in [5.74, 6) is 0.516. The van der Waals surface area contributed by atoms with Gasteiger partial charge in [0, 0.05) is 31.4 Å². The molecule has 1 saturated heterocycles. The maximum Gasteiger partial charge on any atom is 0.228 e. The number of anilines is 1. The van der Waals surface area contributed by atoms with Gasteiger partial charge in [0.15, 0.2) is 5.65 Å². The van der Waals surface area contributed by atoms with E-state index < -0.39 is 10.0 Å². The highest BCUT2D eigenvalue weighted by molar-refractivity contribution is 7.89. The van der Waals surface area contributed by atoms with Gasteiger partial charge in [-0.15, -0.1) is 10.2 Å². The quantitative estimate of drug-likeness (QED) is 0.608. The van der Waals surface area contributed by atoms with Crippen LogP contribution >= 0.6 is 0 Å². The molecule has 0 aliphatic carbocycles. The smallest absolute Gasteiger partial charge is 0.228 e. The average Bonchev–Trinajstić information content (AvgIpc) is 3.18. The first kappa shape index (κ1) is 21.5. The van der Waals surface area contributed by atoms with Crippen LogP contribution in [0.5, 0.6) is 0 Å². The van der Waals surface area contributed by atoms with E-state index in [1.54, 1.807) is 0 Å². The number of aromatic nitrogens is 3. The van der Waals surface area contributed by atoms with Gasteiger partial charge in [-0.1, -0.05) is 25.1 Å². The van der Waals surface area contributed by atoms with Crippen LogP contribution in [-0.2, 0) is 21.2 Å². The van der Waals surface area contributed by atoms with E-state index in [4.69, 9.17) is 0 Å². The van der Waals surface area contributed by atoms with Crippen molar-refractivity contribution in [2.75, 3.05) is 24.2 Å². The fraction of sp³-hybridized carbons (Fsp3) is 0.409. The summed E-state index contributed by atoms with van der Waals surface area (Å²) < 4.78 is 28.1. The van der Waals surface area contributed by atoms with Crippen LogP contribution in [0.2, 0.25) is 0 Å². The van der Waals surface area contributed by atoms with E-state index in [0.29, 0.717) is 37.9 Å². The van der Waals surface area contributed by atoms with Crippen LogP contribution in [0.3, 0.4) is 0 Å². The molecule has 1 amide bonds. The van der Waals surface area contributed by atoms with Gasteiger partial charge in [-0.3, -0.25) is 9.20 Å². The molecule has 9 heteroatoms. The van der Waals surface area contributed by atoms with Crippen molar-refractivity contribution < 1.29 is 13.2 Å². The predicted molar refractivity (Wildman–Crippen MR) is 119 cm³/mol. The number of pyridine rings is 1. The molecule has 0 bridgehead atoms. The van der Waals surface area contributed by atoms with Crippen molar-refractivity contribution in [1.29, 1.82) is 0 Å². The van der Waals surface area contributed by atoms with Crippen LogP contribution in [0.1, 0.15) is 37.6 Å². The Morgan fingerprint density at radius 1 is 1.16 bits per heavy atom. The first-order valence-electron chi connectivity index (χ1n) is 10.6. The van der Waals surface area contributed by atoms with Crippen molar-refractivity contribution in [3.05, 3.63) is 60.0 Å². The van der Waals surface area contributed by atoms with Crippen molar-refractivity contribution in [1.82, 2.24) is 18.9 Å². The van der Waals surface area contributed by atoms with E-state index in [2.05, 4.69) is 15.5 Å². The summed E-state index contributed by atoms with van der Waals surface area (Å²) in [6.07, 6.45) is 4.54. The number of fused-ring (bicyclic) bond motifs is 1. The monoisotopic (exact) mass is 441 g/mol. The van der Waals surface area contributed by atoms with Crippen LogP contribution < -0.4 is 5.32 Å². The van der Waals surface area contributed by atoms with Crippen LogP contribution in [0, 0.1) is 5.92 Å². The number of rotatable bonds is 7. The fourth-order valence-electron chi connectivity index (χ4n) is 3.94. The molecule has 0 spiro atoms. The van der Waals surface area contributed by atoms with Crippen molar-refractivity contribution in [3.8, 4) is 0 Å². The molecule has 1 N–H and O–H groups in total. The Labute approximate surface area is 182 Å². The highest BCUT2D eigenvalue weighted by Crippen LogP contribution is 2.22. The van der Waals surface area contributed by atoms with Crippen LogP contribution in [-0.4, -0.2) is 52.1 Å². The van der Waals surface area contributed by atoms with Gasteiger partial charge in [0.05, 0.1) is 11.7 Å². The number of nitrogens with one attached hydrogen (secondary N) is 1. The Kier molecular flexibility index (Phi) is 6.33. The number of hydrogen-bond donors (Lipinski definition) is 1. The molecule has 164 valence electrons. The second-order valence-electron chi connectivity index (χ2n) is 7.92. The van der Waals surface area contributed by atoms with E-state index in [1.807, 2.05) is 60.0 Å². The zero-order valence-electron chi connectivity index (χ0n) is 17.6. The van der Waals surface area contributed by atoms with E-state index in [0.717, 1.165) is 17.0 Å². The number of carbonyl (C=O) groups excluding carboxylic acids is 1. The second-order valence-corrected chi connectivity index (χ2v) is 10.0. The molecule has 31 heavy (non-hydrogen) atoms. The largest absolute Gasteiger partial charge is 0.326 e. The third-order valence-electron chi connectivity index (χ3n) is 5.58. The summed E-state index contributed by atoms with van der Waals surface area (Å²) in [6.45, 7) is 2.60. The summed E-state index contributed by atoms with van der Waals surface area (Å²) in [5.41, 5.74) is 2.57. The molecule has 3 aromatic rings. The maximum absolute atomic E-state index is 12.7. The Morgan fingerprint density at radius 3 is 2.74 bits per heavy atom. The summed E-state index contributed by atoms with van der Waals surface area (Å²) >= 11 is 0. The first-order chi connectivity index (χ1) is 15.0. The minimum atomic E-state index is -3.28. The van der Waals surface area contributed by atoms with E-state index in [1.165, 1.54) is 4.31 Å². The summed E-state index contributed by atoms with van der Waals surface area (Å²) in [5, 5.41) is 11.4. The maximum atomic E-state index is 12.7. The van der Waals surface area contributed by atoms with E-state index >= 15 is 0 Å². The minimum absolute atomic E-state index is 0.129. The summed E-state index contributed by atoms with van der Waals surface area (Å²) in [7, 11) is -3.28. The lowest BCUT2D eigenvalue weighted by atomic mass is 9.98. The Balaban J connectivity index is 1.38. The van der Waals surface area contributed by atoms with Gasteiger partial charge in [0.25, 0.3) is 0 Å². The molecule has 1 unspecified atom stereocenters. The number of nitrogens with zero attached hydrogens (tertiary/aromatic N) is 4. The van der Waals surface area contributed by atoms with Crippen LogP contribution in [0.25, 0.3) is 5.65 Å². The van der Waals surface area contributed by atoms with Gasteiger partial charge in [0.1, 0.15) is 5.82 Å². The summed E-state index contributed by atoms with van der Waals surface area (Å²) in [4.78, 5) is 12.7. The Hall–Kier alpha value is -2.78. The molecule has 1 aliphatic rings. The van der Waals surface area contributed by atoms with E-state index in [-0.39, 0.29) is 24.1 Å². The van der Waals surface area contributed by atoms with Crippen molar-refractivity contribution in [3.63, 3.8) is 0 Å². The Morgan fingerprint density at radius 2 is 1.97 bits per heavy atom. The normalized spacial score (nSPS) is 17.6. The lowest BCUT2D eigenvalue weighted by Crippen LogP contribution is -2.44. The molecule has 1 atom stereocenters. The van der Waals surface area contributed by atoms with E-state index in [9.17, 15) is 13.2 Å². The molecule has 1 aliphatic heterocycles. The van der Waals surface area contributed by atoms with Gasteiger partial charge >= 0.3 is 0 Å². The number of piperidine rings is 1. The average molecular weight is 442 g/mol. The number of hydrogen-bond acceptors (Lipinski definition) is 5. The van der Waals surface area contributed by atoms with Crippen molar-refractivity contribution in [2.45, 2.75) is 32.6 Å². The van der Waals surface area contributed by atoms with Gasteiger partial charge in [0.2, 0.25) is 15.9 Å². The lowest BCUT2D eigenvalue weighted by molar-refractivity contribution is -0.120. The zero-order chi connectivity index (χ0) is 21.8. The predicted octanol–water partition coefficient (Wildman–Crippen LogP) is 2.71. The first-order valence-corrected chi connectivity index (χ1v) is 12.2. The molecule has 1 aromatic carbocycles. The van der Waals surface area contributed by atoms with Crippen LogP contribution in [0.15, 0.2) is 48.7 Å². The number of benzene rings is 1. The molecular formula is C22H27N5O3S. The van der Waals surface area contributed by atoms with Crippen LogP contribution in [0.4, 0.5) is 5.69 Å². The highest BCUT2D eigenvalue weighted by Gasteiger charge is 2.31. The van der Waals surface area contributed by atoms with Crippen molar-refractivity contribution in [2.24, 2.45) is 5.92 Å². The number of amides is 1. The topological polar surface area (TPSA) is 96.7 Å². The molecule has 2 aromatic heterocycles. The summed E-state index contributed by atoms with van der Waals surface area (Å²) in [6, 6.07) is 13.4. The molecule has 1 fully saturated rings. The number of carbonyl (C=O) groups is 1. The highest BCUT2D eigenvalue weighted by atomic mass is 32.2. The number of sulfonamides is 1. The molecule has 3 heterocycles. The molecule has 0 saturated carbocycles. The zero-order valence-corrected chi connectivity index (χ0v) is 18.4. The van der Waals surface area contributed by atoms with Crippen molar-refractivity contribution >= 4 is 27.3 Å². The third-order valence-corrected chi connectivity index (χ3v) is 7.62. The molecule has 4 rings (SSSR count). The SMILES string of the molecule is CCCS(=O)(=O)N1CCCC(C(=O)Nc2ccc(Cc3nnc4ccccn34)cc2)C1. The molecular weight excluding hydrogens is 414 g/mol. The lowest BCUT2D eigenvalue weighted by Gasteiger charge is -2.31. The Bertz CT molecular complexity index is 1160. The third kappa shape index (κ3) is 4.94. The molecule has 0 radical (unpaired) electrons. The fourth-order valence-corrected chi connectivity index (χ4v) is 5.53. The minimum Gasteiger partial charge on any atom is -0.326 e.